The molecule has 1 spiro atoms. The van der Waals surface area contributed by atoms with Crippen LogP contribution in [-0.4, -0.2) is 46.3 Å². The zero-order valence-electron chi connectivity index (χ0n) is 16.5. The first-order valence-electron chi connectivity index (χ1n) is 9.73. The molecule has 8 heteroatoms. The number of likely N-dealkylation sites (tertiary alicyclic amines) is 1. The summed E-state index contributed by atoms with van der Waals surface area (Å²) in [5.74, 6) is -2.83. The van der Waals surface area contributed by atoms with E-state index in [9.17, 15) is 23.2 Å². The van der Waals surface area contributed by atoms with Crippen molar-refractivity contribution in [3.8, 4) is 0 Å². The molecule has 0 atom stereocenters. The molecule has 2 saturated heterocycles. The molecule has 0 saturated carbocycles. The lowest BCUT2D eigenvalue weighted by Gasteiger charge is -2.37. The van der Waals surface area contributed by atoms with Crippen LogP contribution < -0.4 is 5.32 Å². The number of carbonyl (C=O) groups is 3. The van der Waals surface area contributed by atoms with E-state index in [1.807, 2.05) is 31.2 Å². The Balaban J connectivity index is 1.43. The molecule has 6 nitrogen and oxygen atoms in total. The first kappa shape index (κ1) is 20.0. The lowest BCUT2D eigenvalue weighted by molar-refractivity contribution is -0.133. The molecule has 2 aliphatic rings. The molecule has 0 bridgehead atoms. The first-order valence-corrected chi connectivity index (χ1v) is 9.73. The standard InChI is InChI=1S/C22H21F2N3O3/c1-14-2-4-15(5-3-14)13-27-20(29)22(25-21(27)30)8-10-26(11-9-22)19(28)16-6-7-17(23)18(24)12-16/h2-7,12H,8-11,13H2,1H3,(H,25,30). The van der Waals surface area contributed by atoms with Crippen LogP contribution in [0.5, 0.6) is 0 Å². The highest BCUT2D eigenvalue weighted by Crippen LogP contribution is 2.31. The van der Waals surface area contributed by atoms with Crippen molar-refractivity contribution in [1.82, 2.24) is 15.1 Å². The Morgan fingerprint density at radius 2 is 1.70 bits per heavy atom. The summed E-state index contributed by atoms with van der Waals surface area (Å²) >= 11 is 0. The highest BCUT2D eigenvalue weighted by atomic mass is 19.2. The van der Waals surface area contributed by atoms with Crippen LogP contribution in [0.2, 0.25) is 0 Å². The van der Waals surface area contributed by atoms with Gasteiger partial charge in [-0.3, -0.25) is 14.5 Å². The third-order valence-electron chi connectivity index (χ3n) is 5.78. The van der Waals surface area contributed by atoms with Gasteiger partial charge in [-0.15, -0.1) is 0 Å². The highest BCUT2D eigenvalue weighted by Gasteiger charge is 2.52. The second-order valence-corrected chi connectivity index (χ2v) is 7.81. The minimum absolute atomic E-state index is 0.0487. The van der Waals surface area contributed by atoms with Gasteiger partial charge in [0, 0.05) is 18.7 Å². The fourth-order valence-electron chi connectivity index (χ4n) is 3.94. The van der Waals surface area contributed by atoms with E-state index in [0.29, 0.717) is 0 Å². The molecule has 2 heterocycles. The van der Waals surface area contributed by atoms with Crippen molar-refractivity contribution in [2.75, 3.05) is 13.1 Å². The predicted octanol–water partition coefficient (Wildman–Crippen LogP) is 3.00. The smallest absolute Gasteiger partial charge is 0.325 e. The maximum absolute atomic E-state index is 13.4. The highest BCUT2D eigenvalue weighted by molar-refractivity contribution is 6.07. The second-order valence-electron chi connectivity index (χ2n) is 7.81. The summed E-state index contributed by atoms with van der Waals surface area (Å²) < 4.78 is 26.6. The van der Waals surface area contributed by atoms with Crippen molar-refractivity contribution in [3.63, 3.8) is 0 Å². The summed E-state index contributed by atoms with van der Waals surface area (Å²) in [4.78, 5) is 40.8. The minimum Gasteiger partial charge on any atom is -0.338 e. The first-order chi connectivity index (χ1) is 14.3. The van der Waals surface area contributed by atoms with Gasteiger partial charge < -0.3 is 10.2 Å². The molecule has 4 amide bonds. The van der Waals surface area contributed by atoms with E-state index in [0.717, 1.165) is 23.3 Å². The van der Waals surface area contributed by atoms with Crippen molar-refractivity contribution in [1.29, 1.82) is 0 Å². The molecule has 2 aromatic rings. The zero-order chi connectivity index (χ0) is 21.5. The number of urea groups is 1. The van der Waals surface area contributed by atoms with Crippen LogP contribution in [0.3, 0.4) is 0 Å². The fraction of sp³-hybridized carbons (Fsp3) is 0.318. The summed E-state index contributed by atoms with van der Waals surface area (Å²) in [6, 6.07) is 10.2. The van der Waals surface area contributed by atoms with Crippen molar-refractivity contribution >= 4 is 17.8 Å². The largest absolute Gasteiger partial charge is 0.338 e. The van der Waals surface area contributed by atoms with E-state index >= 15 is 0 Å². The number of rotatable bonds is 3. The molecule has 0 aliphatic carbocycles. The molecule has 2 aliphatic heterocycles. The lowest BCUT2D eigenvalue weighted by atomic mass is 9.87. The van der Waals surface area contributed by atoms with Gasteiger partial charge in [0.15, 0.2) is 11.6 Å². The van der Waals surface area contributed by atoms with Crippen LogP contribution in [0.25, 0.3) is 0 Å². The number of aryl methyl sites for hydroxylation is 1. The topological polar surface area (TPSA) is 69.7 Å². The maximum Gasteiger partial charge on any atom is 0.325 e. The number of nitrogens with one attached hydrogen (secondary N) is 1. The zero-order valence-corrected chi connectivity index (χ0v) is 16.5. The third-order valence-corrected chi connectivity index (χ3v) is 5.78. The predicted molar refractivity (Wildman–Crippen MR) is 104 cm³/mol. The summed E-state index contributed by atoms with van der Waals surface area (Å²) in [7, 11) is 0. The number of benzene rings is 2. The summed E-state index contributed by atoms with van der Waals surface area (Å²) in [6.07, 6.45) is 0.523. The molecular weight excluding hydrogens is 392 g/mol. The number of imide groups is 1. The van der Waals surface area contributed by atoms with E-state index in [4.69, 9.17) is 0 Å². The molecule has 2 aromatic carbocycles. The minimum atomic E-state index is -1.08. The Morgan fingerprint density at radius 1 is 1.03 bits per heavy atom. The van der Waals surface area contributed by atoms with Gasteiger partial charge in [-0.1, -0.05) is 29.8 Å². The van der Waals surface area contributed by atoms with Gasteiger partial charge in [0.05, 0.1) is 6.54 Å². The van der Waals surface area contributed by atoms with Crippen LogP contribution in [0, 0.1) is 18.6 Å². The van der Waals surface area contributed by atoms with Gasteiger partial charge in [-0.25, -0.2) is 13.6 Å². The summed E-state index contributed by atoms with van der Waals surface area (Å²) in [5.41, 5.74) is 0.956. The normalized spacial score (nSPS) is 18.1. The van der Waals surface area contributed by atoms with Crippen molar-refractivity contribution in [3.05, 3.63) is 70.8 Å². The van der Waals surface area contributed by atoms with Gasteiger partial charge in [0.1, 0.15) is 5.54 Å². The Bertz CT molecular complexity index is 1010. The molecule has 1 N–H and O–H groups in total. The van der Waals surface area contributed by atoms with Gasteiger partial charge in [-0.2, -0.15) is 0 Å². The SMILES string of the molecule is Cc1ccc(CN2C(=O)NC3(CCN(C(=O)c4ccc(F)c(F)c4)CC3)C2=O)cc1. The second kappa shape index (κ2) is 7.51. The quantitative estimate of drug-likeness (QED) is 0.787. The van der Waals surface area contributed by atoms with Crippen molar-refractivity contribution in [2.24, 2.45) is 0 Å². The molecule has 0 aromatic heterocycles. The maximum atomic E-state index is 13.4. The van der Waals surface area contributed by atoms with Crippen molar-refractivity contribution in [2.45, 2.75) is 31.8 Å². The Morgan fingerprint density at radius 3 is 2.33 bits per heavy atom. The summed E-state index contributed by atoms with van der Waals surface area (Å²) in [5, 5.41) is 2.81. The van der Waals surface area contributed by atoms with Gasteiger partial charge >= 0.3 is 6.03 Å². The molecule has 0 unspecified atom stereocenters. The number of carbonyl (C=O) groups excluding carboxylic acids is 3. The lowest BCUT2D eigenvalue weighted by Crippen LogP contribution is -2.55. The van der Waals surface area contributed by atoms with E-state index in [2.05, 4.69) is 5.32 Å². The van der Waals surface area contributed by atoms with Crippen LogP contribution in [0.4, 0.5) is 13.6 Å². The number of hydrogen-bond donors (Lipinski definition) is 1. The van der Waals surface area contributed by atoms with Crippen LogP contribution in [0.1, 0.15) is 34.3 Å². The molecule has 0 radical (unpaired) electrons. The van der Waals surface area contributed by atoms with Crippen LogP contribution in [0.15, 0.2) is 42.5 Å². The van der Waals surface area contributed by atoms with Crippen LogP contribution >= 0.6 is 0 Å². The van der Waals surface area contributed by atoms with E-state index in [1.165, 1.54) is 15.9 Å². The number of halogens is 2. The molecule has 4 rings (SSSR count). The summed E-state index contributed by atoms with van der Waals surface area (Å²) in [6.45, 7) is 2.59. The average Bonchev–Trinajstić information content (AvgIpc) is 2.95. The van der Waals surface area contributed by atoms with E-state index in [1.54, 1.807) is 0 Å². The van der Waals surface area contributed by atoms with E-state index in [-0.39, 0.29) is 43.9 Å². The van der Waals surface area contributed by atoms with Gasteiger partial charge in [-0.05, 0) is 43.5 Å². The number of hydrogen-bond acceptors (Lipinski definition) is 3. The van der Waals surface area contributed by atoms with Crippen LogP contribution in [-0.2, 0) is 11.3 Å². The van der Waals surface area contributed by atoms with Gasteiger partial charge in [0.2, 0.25) is 0 Å². The molecule has 2 fully saturated rings. The Labute approximate surface area is 172 Å². The average molecular weight is 413 g/mol. The molecule has 156 valence electrons. The van der Waals surface area contributed by atoms with Crippen molar-refractivity contribution < 1.29 is 23.2 Å². The Hall–Kier alpha value is -3.29. The molecule has 30 heavy (non-hydrogen) atoms. The molecular formula is C22H21F2N3O3. The third kappa shape index (κ3) is 3.53. The number of nitrogens with zero attached hydrogens (tertiary/aromatic N) is 2. The van der Waals surface area contributed by atoms with Gasteiger partial charge in [0.25, 0.3) is 11.8 Å². The van der Waals surface area contributed by atoms with E-state index < -0.39 is 29.1 Å². The number of amides is 4. The number of piperidine rings is 1. The monoisotopic (exact) mass is 413 g/mol. The Kier molecular flexibility index (Phi) is 5.01. The fourth-order valence-corrected chi connectivity index (χ4v) is 3.94.